The van der Waals surface area contributed by atoms with Gasteiger partial charge < -0.3 is 9.84 Å². The minimum absolute atomic E-state index is 0.0172. The normalized spacial score (nSPS) is 19.4. The number of carbonyl (C=O) groups excluding carboxylic acids is 1. The van der Waals surface area contributed by atoms with Crippen molar-refractivity contribution in [2.24, 2.45) is 0 Å². The van der Waals surface area contributed by atoms with Crippen molar-refractivity contribution >= 4 is 11.8 Å². The van der Waals surface area contributed by atoms with Crippen LogP contribution in [0.25, 0.3) is 0 Å². The Balaban J connectivity index is 1.63. The van der Waals surface area contributed by atoms with E-state index in [0.29, 0.717) is 11.3 Å². The van der Waals surface area contributed by atoms with E-state index in [1.807, 2.05) is 54.6 Å². The van der Waals surface area contributed by atoms with Crippen molar-refractivity contribution in [1.82, 2.24) is 9.80 Å². The quantitative estimate of drug-likeness (QED) is 0.405. The minimum Gasteiger partial charge on any atom is -0.482 e. The standard InChI is InChI=1S/C30H33FN2O4/c1-20-17-33(21(2)16-32(20)18-23-7-13-27(31)14-8-23)30(25-11-9-24(10-12-25)22(3)34)26-5-4-6-28(15-26)37-19-29(35)36/h4-15,20-21,30H,16-19H2,1-3H3,(H,35,36)/t20-,21+,30?/m1/s1. The van der Waals surface area contributed by atoms with Crippen molar-refractivity contribution < 1.29 is 23.8 Å². The van der Waals surface area contributed by atoms with Gasteiger partial charge in [0.25, 0.3) is 0 Å². The molecule has 0 aromatic heterocycles. The predicted molar refractivity (Wildman–Crippen MR) is 140 cm³/mol. The van der Waals surface area contributed by atoms with Crippen molar-refractivity contribution in [1.29, 1.82) is 0 Å². The fourth-order valence-corrected chi connectivity index (χ4v) is 5.02. The molecule has 1 aliphatic rings. The minimum atomic E-state index is -1.03. The smallest absolute Gasteiger partial charge is 0.341 e. The molecule has 3 aromatic carbocycles. The number of hydrogen-bond donors (Lipinski definition) is 1. The molecule has 4 rings (SSSR count). The van der Waals surface area contributed by atoms with Gasteiger partial charge >= 0.3 is 5.97 Å². The van der Waals surface area contributed by atoms with Crippen LogP contribution in [0.5, 0.6) is 5.75 Å². The summed E-state index contributed by atoms with van der Waals surface area (Å²) in [5.74, 6) is -0.742. The van der Waals surface area contributed by atoms with E-state index in [4.69, 9.17) is 9.84 Å². The summed E-state index contributed by atoms with van der Waals surface area (Å²) in [5.41, 5.74) is 3.77. The first-order valence-electron chi connectivity index (χ1n) is 12.5. The third kappa shape index (κ3) is 6.61. The molecule has 0 radical (unpaired) electrons. The topological polar surface area (TPSA) is 70.1 Å². The second-order valence-corrected chi connectivity index (χ2v) is 9.79. The molecule has 6 nitrogen and oxygen atoms in total. The lowest BCUT2D eigenvalue weighted by Crippen LogP contribution is -2.56. The summed E-state index contributed by atoms with van der Waals surface area (Å²) in [6.45, 7) is 7.92. The van der Waals surface area contributed by atoms with Crippen LogP contribution in [0.2, 0.25) is 0 Å². The zero-order valence-corrected chi connectivity index (χ0v) is 21.4. The Kier molecular flexibility index (Phi) is 8.36. The van der Waals surface area contributed by atoms with Gasteiger partial charge in [0.05, 0.1) is 6.04 Å². The van der Waals surface area contributed by atoms with Crippen LogP contribution < -0.4 is 4.74 Å². The first kappa shape index (κ1) is 26.5. The van der Waals surface area contributed by atoms with Crippen LogP contribution in [0, 0.1) is 5.82 Å². The Bertz CT molecular complexity index is 1230. The molecule has 1 unspecified atom stereocenters. The second-order valence-electron chi connectivity index (χ2n) is 9.79. The zero-order chi connectivity index (χ0) is 26.5. The fourth-order valence-electron chi connectivity index (χ4n) is 5.02. The summed E-state index contributed by atoms with van der Waals surface area (Å²) in [7, 11) is 0. The lowest BCUT2D eigenvalue weighted by Gasteiger charge is -2.47. The average Bonchev–Trinajstić information content (AvgIpc) is 2.87. The molecule has 0 spiro atoms. The number of Topliss-reactive ketones (excluding diaryl/α,β-unsaturated/α-hetero) is 1. The lowest BCUT2D eigenvalue weighted by molar-refractivity contribution is -0.139. The zero-order valence-electron chi connectivity index (χ0n) is 21.4. The highest BCUT2D eigenvalue weighted by atomic mass is 19.1. The molecule has 0 aliphatic carbocycles. The number of carbonyl (C=O) groups is 2. The van der Waals surface area contributed by atoms with Crippen LogP contribution in [-0.2, 0) is 11.3 Å². The molecule has 3 atom stereocenters. The number of carboxylic acids is 1. The van der Waals surface area contributed by atoms with Crippen molar-refractivity contribution in [2.45, 2.75) is 45.4 Å². The number of ketones is 1. The second kappa shape index (κ2) is 11.7. The monoisotopic (exact) mass is 504 g/mol. The number of nitrogens with zero attached hydrogens (tertiary/aromatic N) is 2. The predicted octanol–water partition coefficient (Wildman–Crippen LogP) is 5.18. The van der Waals surface area contributed by atoms with E-state index in [1.54, 1.807) is 13.0 Å². The highest BCUT2D eigenvalue weighted by molar-refractivity contribution is 5.94. The number of piperazine rings is 1. The number of halogens is 1. The summed E-state index contributed by atoms with van der Waals surface area (Å²) in [5, 5.41) is 9.03. The number of rotatable bonds is 9. The fraction of sp³-hybridized carbons (Fsp3) is 0.333. The summed E-state index contributed by atoms with van der Waals surface area (Å²) in [6.07, 6.45) is 0. The molecular weight excluding hydrogens is 471 g/mol. The van der Waals surface area contributed by atoms with Crippen molar-refractivity contribution in [2.75, 3.05) is 19.7 Å². The maximum Gasteiger partial charge on any atom is 0.341 e. The summed E-state index contributed by atoms with van der Waals surface area (Å²) < 4.78 is 18.8. The molecule has 1 fully saturated rings. The van der Waals surface area contributed by atoms with E-state index in [1.165, 1.54) is 12.1 Å². The molecule has 194 valence electrons. The van der Waals surface area contributed by atoms with Crippen LogP contribution in [0.1, 0.15) is 53.9 Å². The van der Waals surface area contributed by atoms with Gasteiger partial charge in [0, 0.05) is 37.3 Å². The van der Waals surface area contributed by atoms with Gasteiger partial charge in [-0.05, 0) is 61.7 Å². The number of aliphatic carboxylic acids is 1. The molecule has 1 aliphatic heterocycles. The SMILES string of the molecule is CC(=O)c1ccc(C(c2cccc(OCC(=O)O)c2)N2C[C@@H](C)N(Cc3ccc(F)cc3)C[C@@H]2C)cc1. The van der Waals surface area contributed by atoms with Gasteiger partial charge in [-0.15, -0.1) is 0 Å². The number of carboxylic acid groups (broad SMARTS) is 1. The van der Waals surface area contributed by atoms with Crippen LogP contribution in [-0.4, -0.2) is 58.4 Å². The maximum atomic E-state index is 13.4. The first-order chi connectivity index (χ1) is 17.7. The molecule has 0 saturated carbocycles. The Morgan fingerprint density at radius 2 is 1.68 bits per heavy atom. The summed E-state index contributed by atoms with van der Waals surface area (Å²) >= 11 is 0. The van der Waals surface area contributed by atoms with E-state index < -0.39 is 12.6 Å². The Hall–Kier alpha value is -3.55. The highest BCUT2D eigenvalue weighted by Gasteiger charge is 2.35. The van der Waals surface area contributed by atoms with Crippen LogP contribution in [0.4, 0.5) is 4.39 Å². The van der Waals surface area contributed by atoms with Gasteiger partial charge in [-0.25, -0.2) is 9.18 Å². The Morgan fingerprint density at radius 1 is 0.973 bits per heavy atom. The van der Waals surface area contributed by atoms with Gasteiger partial charge in [0.2, 0.25) is 0 Å². The van der Waals surface area contributed by atoms with Gasteiger partial charge in [-0.1, -0.05) is 48.5 Å². The molecule has 1 N–H and O–H groups in total. The molecule has 1 heterocycles. The third-order valence-electron chi connectivity index (χ3n) is 6.96. The third-order valence-corrected chi connectivity index (χ3v) is 6.96. The molecule has 0 amide bonds. The molecule has 37 heavy (non-hydrogen) atoms. The van der Waals surface area contributed by atoms with Crippen LogP contribution in [0.15, 0.2) is 72.8 Å². The Labute approximate surface area is 217 Å². The Morgan fingerprint density at radius 3 is 2.32 bits per heavy atom. The van der Waals surface area contributed by atoms with Crippen molar-refractivity contribution in [3.8, 4) is 5.75 Å². The molecular formula is C30H33FN2O4. The number of ether oxygens (including phenoxy) is 1. The molecule has 1 saturated heterocycles. The van der Waals surface area contributed by atoms with Gasteiger partial charge in [0.1, 0.15) is 11.6 Å². The molecule has 3 aromatic rings. The number of hydrogen-bond acceptors (Lipinski definition) is 5. The lowest BCUT2D eigenvalue weighted by atomic mass is 9.92. The van der Waals surface area contributed by atoms with E-state index in [2.05, 4.69) is 23.6 Å². The van der Waals surface area contributed by atoms with E-state index in [0.717, 1.165) is 36.3 Å². The van der Waals surface area contributed by atoms with Crippen LogP contribution >= 0.6 is 0 Å². The van der Waals surface area contributed by atoms with Gasteiger partial charge in [-0.3, -0.25) is 14.6 Å². The highest BCUT2D eigenvalue weighted by Crippen LogP contribution is 2.35. The van der Waals surface area contributed by atoms with Crippen LogP contribution in [0.3, 0.4) is 0 Å². The summed E-state index contributed by atoms with van der Waals surface area (Å²) in [4.78, 5) is 27.8. The van der Waals surface area contributed by atoms with Gasteiger partial charge in [-0.2, -0.15) is 0 Å². The maximum absolute atomic E-state index is 13.4. The van der Waals surface area contributed by atoms with E-state index in [-0.39, 0.29) is 29.7 Å². The van der Waals surface area contributed by atoms with Crippen molar-refractivity contribution in [3.63, 3.8) is 0 Å². The first-order valence-corrected chi connectivity index (χ1v) is 12.5. The number of benzene rings is 3. The molecule has 7 heteroatoms. The van der Waals surface area contributed by atoms with E-state index in [9.17, 15) is 14.0 Å². The molecule has 0 bridgehead atoms. The van der Waals surface area contributed by atoms with Gasteiger partial charge in [0.15, 0.2) is 12.4 Å². The largest absolute Gasteiger partial charge is 0.482 e. The van der Waals surface area contributed by atoms with E-state index >= 15 is 0 Å². The summed E-state index contributed by atoms with van der Waals surface area (Å²) in [6, 6.07) is 22.3. The average molecular weight is 505 g/mol. The van der Waals surface area contributed by atoms with Crippen molar-refractivity contribution in [3.05, 3.63) is 101 Å².